The fourth-order valence-electron chi connectivity index (χ4n) is 2.42. The predicted molar refractivity (Wildman–Crippen MR) is 80.0 cm³/mol. The predicted octanol–water partition coefficient (Wildman–Crippen LogP) is 1.12. The molecule has 0 aromatic carbocycles. The Hall–Kier alpha value is -1.10. The van der Waals surface area contributed by atoms with Crippen LogP contribution in [0.4, 0.5) is 0 Å². The third-order valence-electron chi connectivity index (χ3n) is 4.21. The van der Waals surface area contributed by atoms with Crippen molar-refractivity contribution in [3.63, 3.8) is 0 Å². The molecule has 116 valence electrons. The Kier molecular flexibility index (Phi) is 6.46. The first kappa shape index (κ1) is 17.0. The molecule has 1 fully saturated rings. The van der Waals surface area contributed by atoms with E-state index in [0.29, 0.717) is 0 Å². The minimum atomic E-state index is -0.435. The molecule has 1 saturated heterocycles. The molecule has 0 aliphatic carbocycles. The number of nitrogens with zero attached hydrogens (tertiary/aromatic N) is 1. The van der Waals surface area contributed by atoms with Crippen LogP contribution in [0.2, 0.25) is 0 Å². The number of likely N-dealkylation sites (tertiary alicyclic amines) is 1. The Morgan fingerprint density at radius 1 is 1.25 bits per heavy atom. The molecule has 0 bridgehead atoms. The fraction of sp³-hybridized carbons (Fsp3) is 0.867. The molecule has 2 amide bonds. The topological polar surface area (TPSA) is 75.4 Å². The van der Waals surface area contributed by atoms with Crippen molar-refractivity contribution in [1.29, 1.82) is 0 Å². The zero-order valence-electron chi connectivity index (χ0n) is 13.2. The second-order valence-electron chi connectivity index (χ2n) is 6.17. The molecular formula is C15H29N3O2. The number of hydrogen-bond acceptors (Lipinski definition) is 3. The Bertz CT molecular complexity index is 336. The van der Waals surface area contributed by atoms with Gasteiger partial charge in [0.15, 0.2) is 0 Å². The van der Waals surface area contributed by atoms with Gasteiger partial charge in [-0.15, -0.1) is 0 Å². The van der Waals surface area contributed by atoms with Crippen molar-refractivity contribution in [2.45, 2.75) is 59.0 Å². The summed E-state index contributed by atoms with van der Waals surface area (Å²) in [5.74, 6) is 0.372. The molecular weight excluding hydrogens is 254 g/mol. The molecule has 0 aromatic rings. The Morgan fingerprint density at radius 3 is 2.25 bits per heavy atom. The van der Waals surface area contributed by atoms with E-state index in [9.17, 15) is 9.59 Å². The fourth-order valence-corrected chi connectivity index (χ4v) is 2.42. The Labute approximate surface area is 122 Å². The molecule has 2 atom stereocenters. The summed E-state index contributed by atoms with van der Waals surface area (Å²) in [5.41, 5.74) is 5.93. The van der Waals surface area contributed by atoms with E-state index in [1.54, 1.807) is 0 Å². The lowest BCUT2D eigenvalue weighted by atomic mass is 9.97. The van der Waals surface area contributed by atoms with Crippen LogP contribution in [0.25, 0.3) is 0 Å². The number of carbonyl (C=O) groups is 2. The summed E-state index contributed by atoms with van der Waals surface area (Å²) in [7, 11) is 0. The van der Waals surface area contributed by atoms with E-state index in [-0.39, 0.29) is 29.7 Å². The molecule has 5 nitrogen and oxygen atoms in total. The van der Waals surface area contributed by atoms with Crippen LogP contribution >= 0.6 is 0 Å². The summed E-state index contributed by atoms with van der Waals surface area (Å²) >= 11 is 0. The summed E-state index contributed by atoms with van der Waals surface area (Å²) in [6.45, 7) is 9.31. The molecule has 1 aliphatic rings. The highest BCUT2D eigenvalue weighted by Crippen LogP contribution is 2.14. The number of amides is 2. The van der Waals surface area contributed by atoms with E-state index in [2.05, 4.69) is 5.32 Å². The van der Waals surface area contributed by atoms with Gasteiger partial charge in [-0.25, -0.2) is 0 Å². The van der Waals surface area contributed by atoms with Crippen LogP contribution in [-0.4, -0.2) is 41.9 Å². The van der Waals surface area contributed by atoms with Gasteiger partial charge >= 0.3 is 0 Å². The number of nitrogens with two attached hydrogens (primary N) is 1. The summed E-state index contributed by atoms with van der Waals surface area (Å²) in [6.07, 6.45) is 2.53. The second-order valence-corrected chi connectivity index (χ2v) is 6.17. The summed E-state index contributed by atoms with van der Waals surface area (Å²) in [5, 5.41) is 3.02. The maximum Gasteiger partial charge on any atom is 0.237 e. The van der Waals surface area contributed by atoms with Gasteiger partial charge in [-0.3, -0.25) is 9.59 Å². The molecule has 1 heterocycles. The minimum absolute atomic E-state index is 0.0416. The van der Waals surface area contributed by atoms with E-state index in [1.165, 1.54) is 0 Å². The van der Waals surface area contributed by atoms with E-state index < -0.39 is 6.04 Å². The molecule has 5 heteroatoms. The lowest BCUT2D eigenvalue weighted by Gasteiger charge is -2.34. The largest absolute Gasteiger partial charge is 0.352 e. The summed E-state index contributed by atoms with van der Waals surface area (Å²) < 4.78 is 0. The van der Waals surface area contributed by atoms with E-state index >= 15 is 0 Å². The van der Waals surface area contributed by atoms with Crippen molar-refractivity contribution in [3.8, 4) is 0 Å². The van der Waals surface area contributed by atoms with Gasteiger partial charge in [-0.1, -0.05) is 34.1 Å². The third-order valence-corrected chi connectivity index (χ3v) is 4.21. The highest BCUT2D eigenvalue weighted by Gasteiger charge is 2.27. The van der Waals surface area contributed by atoms with Gasteiger partial charge in [-0.2, -0.15) is 0 Å². The van der Waals surface area contributed by atoms with Crippen LogP contribution in [0.15, 0.2) is 0 Å². The third kappa shape index (κ3) is 4.47. The minimum Gasteiger partial charge on any atom is -0.352 e. The highest BCUT2D eigenvalue weighted by atomic mass is 16.2. The van der Waals surface area contributed by atoms with Crippen molar-refractivity contribution < 1.29 is 9.59 Å². The first-order valence-corrected chi connectivity index (χ1v) is 7.71. The SMILES string of the molecule is CCC(C)C(N)C(=O)NC1CCN(C(=O)C(C)C)CC1. The number of hydrogen-bond donors (Lipinski definition) is 2. The van der Waals surface area contributed by atoms with Gasteiger partial charge in [-0.05, 0) is 18.8 Å². The molecule has 0 aromatic heterocycles. The van der Waals surface area contributed by atoms with Gasteiger partial charge in [0.25, 0.3) is 0 Å². The van der Waals surface area contributed by atoms with Crippen LogP contribution in [0.3, 0.4) is 0 Å². The monoisotopic (exact) mass is 283 g/mol. The standard InChI is InChI=1S/C15H29N3O2/c1-5-11(4)13(16)14(19)17-12-6-8-18(9-7-12)15(20)10(2)3/h10-13H,5-9,16H2,1-4H3,(H,17,19). The van der Waals surface area contributed by atoms with Crippen LogP contribution in [0.1, 0.15) is 47.0 Å². The number of nitrogens with one attached hydrogen (secondary N) is 1. The maximum atomic E-state index is 12.0. The van der Waals surface area contributed by atoms with Crippen LogP contribution < -0.4 is 11.1 Å². The van der Waals surface area contributed by atoms with E-state index in [1.807, 2.05) is 32.6 Å². The molecule has 1 rings (SSSR count). The molecule has 20 heavy (non-hydrogen) atoms. The number of carbonyl (C=O) groups excluding carboxylic acids is 2. The molecule has 0 radical (unpaired) electrons. The highest BCUT2D eigenvalue weighted by molar-refractivity contribution is 5.82. The van der Waals surface area contributed by atoms with Gasteiger partial charge in [0, 0.05) is 25.0 Å². The number of piperidine rings is 1. The summed E-state index contributed by atoms with van der Waals surface area (Å²) in [6, 6.07) is -0.288. The van der Waals surface area contributed by atoms with E-state index in [0.717, 1.165) is 32.4 Å². The van der Waals surface area contributed by atoms with Crippen molar-refractivity contribution in [1.82, 2.24) is 10.2 Å². The summed E-state index contributed by atoms with van der Waals surface area (Å²) in [4.78, 5) is 25.8. The van der Waals surface area contributed by atoms with Gasteiger partial charge in [0.05, 0.1) is 6.04 Å². The van der Waals surface area contributed by atoms with Crippen LogP contribution in [-0.2, 0) is 9.59 Å². The Balaban J connectivity index is 2.39. The van der Waals surface area contributed by atoms with E-state index in [4.69, 9.17) is 5.73 Å². The first-order valence-electron chi connectivity index (χ1n) is 7.71. The average Bonchev–Trinajstić information content (AvgIpc) is 2.45. The molecule has 2 unspecified atom stereocenters. The van der Waals surface area contributed by atoms with Gasteiger partial charge in [0.1, 0.15) is 0 Å². The van der Waals surface area contributed by atoms with Crippen molar-refractivity contribution in [2.75, 3.05) is 13.1 Å². The Morgan fingerprint density at radius 2 is 1.80 bits per heavy atom. The molecule has 3 N–H and O–H groups in total. The molecule has 0 saturated carbocycles. The quantitative estimate of drug-likeness (QED) is 0.794. The lowest BCUT2D eigenvalue weighted by Crippen LogP contribution is -2.52. The van der Waals surface area contributed by atoms with Crippen molar-refractivity contribution >= 4 is 11.8 Å². The average molecular weight is 283 g/mol. The zero-order valence-corrected chi connectivity index (χ0v) is 13.2. The van der Waals surface area contributed by atoms with Crippen LogP contribution in [0.5, 0.6) is 0 Å². The molecule has 1 aliphatic heterocycles. The zero-order chi connectivity index (χ0) is 15.3. The van der Waals surface area contributed by atoms with Crippen molar-refractivity contribution in [2.24, 2.45) is 17.6 Å². The number of rotatable bonds is 5. The maximum absolute atomic E-state index is 12.0. The van der Waals surface area contributed by atoms with Gasteiger partial charge < -0.3 is 16.0 Å². The smallest absolute Gasteiger partial charge is 0.237 e. The lowest BCUT2D eigenvalue weighted by molar-refractivity contribution is -0.135. The normalized spacial score (nSPS) is 19.8. The second kappa shape index (κ2) is 7.62. The van der Waals surface area contributed by atoms with Gasteiger partial charge in [0.2, 0.25) is 11.8 Å². The first-order chi connectivity index (χ1) is 9.36. The van der Waals surface area contributed by atoms with Crippen molar-refractivity contribution in [3.05, 3.63) is 0 Å². The molecule has 0 spiro atoms. The van der Waals surface area contributed by atoms with Crippen LogP contribution in [0, 0.1) is 11.8 Å².